The number of hydrogen-bond acceptors (Lipinski definition) is 4. The van der Waals surface area contributed by atoms with Crippen molar-refractivity contribution in [2.75, 3.05) is 7.05 Å². The van der Waals surface area contributed by atoms with Crippen molar-refractivity contribution in [1.29, 1.82) is 0 Å². The third kappa shape index (κ3) is 5.60. The SMILES string of the molecule is CNC(=O)c1ccc(-c2cccc(CNC(=O)OC(C)(C)C)c2)cn1. The van der Waals surface area contributed by atoms with Crippen LogP contribution in [-0.4, -0.2) is 29.6 Å². The van der Waals surface area contributed by atoms with E-state index in [9.17, 15) is 9.59 Å². The van der Waals surface area contributed by atoms with Crippen LogP contribution in [0.15, 0.2) is 42.6 Å². The van der Waals surface area contributed by atoms with E-state index in [-0.39, 0.29) is 5.91 Å². The minimum atomic E-state index is -0.524. The zero-order chi connectivity index (χ0) is 18.4. The Balaban J connectivity index is 2.06. The predicted molar refractivity (Wildman–Crippen MR) is 96.1 cm³/mol. The van der Waals surface area contributed by atoms with Crippen LogP contribution >= 0.6 is 0 Å². The normalized spacial score (nSPS) is 10.9. The monoisotopic (exact) mass is 341 g/mol. The second-order valence-electron chi connectivity index (χ2n) is 6.57. The number of aromatic nitrogens is 1. The minimum absolute atomic E-state index is 0.220. The maximum Gasteiger partial charge on any atom is 0.407 e. The molecule has 2 N–H and O–H groups in total. The van der Waals surface area contributed by atoms with Crippen LogP contribution < -0.4 is 10.6 Å². The van der Waals surface area contributed by atoms with Gasteiger partial charge in [0.25, 0.3) is 5.91 Å². The quantitative estimate of drug-likeness (QED) is 0.895. The maximum atomic E-state index is 11.7. The summed E-state index contributed by atoms with van der Waals surface area (Å²) in [6, 6.07) is 11.3. The van der Waals surface area contributed by atoms with E-state index in [1.807, 2.05) is 51.1 Å². The molecule has 1 aromatic carbocycles. The fourth-order valence-electron chi connectivity index (χ4n) is 2.18. The highest BCUT2D eigenvalue weighted by Gasteiger charge is 2.15. The number of benzene rings is 1. The summed E-state index contributed by atoms with van der Waals surface area (Å²) in [5, 5.41) is 5.28. The van der Waals surface area contributed by atoms with Crippen LogP contribution in [0.4, 0.5) is 4.79 Å². The van der Waals surface area contributed by atoms with Gasteiger partial charge < -0.3 is 15.4 Å². The molecule has 25 heavy (non-hydrogen) atoms. The van der Waals surface area contributed by atoms with Gasteiger partial charge in [0, 0.05) is 25.4 Å². The fraction of sp³-hybridized carbons (Fsp3) is 0.316. The van der Waals surface area contributed by atoms with Gasteiger partial charge in [0.2, 0.25) is 0 Å². The summed E-state index contributed by atoms with van der Waals surface area (Å²) < 4.78 is 5.22. The average molecular weight is 341 g/mol. The molecule has 0 radical (unpaired) electrons. The number of nitrogens with one attached hydrogen (secondary N) is 2. The Bertz CT molecular complexity index is 749. The van der Waals surface area contributed by atoms with Gasteiger partial charge in [-0.25, -0.2) is 4.79 Å². The molecule has 6 nitrogen and oxygen atoms in total. The molecule has 0 fully saturated rings. The van der Waals surface area contributed by atoms with E-state index < -0.39 is 11.7 Å². The van der Waals surface area contributed by atoms with E-state index in [1.54, 1.807) is 19.3 Å². The molecule has 6 heteroatoms. The number of carbonyl (C=O) groups is 2. The molecule has 0 saturated heterocycles. The largest absolute Gasteiger partial charge is 0.444 e. The number of carbonyl (C=O) groups excluding carboxylic acids is 2. The lowest BCUT2D eigenvalue weighted by Crippen LogP contribution is -2.32. The highest BCUT2D eigenvalue weighted by Crippen LogP contribution is 2.20. The van der Waals surface area contributed by atoms with Gasteiger partial charge in [-0.3, -0.25) is 9.78 Å². The molecule has 2 rings (SSSR count). The number of ether oxygens (including phenoxy) is 1. The minimum Gasteiger partial charge on any atom is -0.444 e. The van der Waals surface area contributed by atoms with Crippen LogP contribution in [-0.2, 0) is 11.3 Å². The van der Waals surface area contributed by atoms with Gasteiger partial charge in [0.05, 0.1) is 0 Å². The van der Waals surface area contributed by atoms with Crippen LogP contribution in [0.5, 0.6) is 0 Å². The second-order valence-corrected chi connectivity index (χ2v) is 6.57. The van der Waals surface area contributed by atoms with Crippen LogP contribution in [0, 0.1) is 0 Å². The van der Waals surface area contributed by atoms with Crippen molar-refractivity contribution in [3.05, 3.63) is 53.9 Å². The van der Waals surface area contributed by atoms with Crippen molar-refractivity contribution in [3.8, 4) is 11.1 Å². The number of pyridine rings is 1. The Morgan fingerprint density at radius 3 is 2.48 bits per heavy atom. The van der Waals surface area contributed by atoms with Crippen LogP contribution in [0.3, 0.4) is 0 Å². The Labute approximate surface area is 147 Å². The molecule has 0 saturated carbocycles. The number of rotatable bonds is 4. The molecular formula is C19H23N3O3. The number of alkyl carbamates (subject to hydrolysis) is 1. The van der Waals surface area contributed by atoms with Gasteiger partial charge in [0.1, 0.15) is 11.3 Å². The van der Waals surface area contributed by atoms with Crippen molar-refractivity contribution < 1.29 is 14.3 Å². The summed E-state index contributed by atoms with van der Waals surface area (Å²) in [6.45, 7) is 5.83. The topological polar surface area (TPSA) is 80.3 Å². The first kappa shape index (κ1) is 18.4. The van der Waals surface area contributed by atoms with Crippen LogP contribution in [0.2, 0.25) is 0 Å². The van der Waals surface area contributed by atoms with E-state index >= 15 is 0 Å². The molecule has 0 spiro atoms. The molecule has 0 aliphatic carbocycles. The van der Waals surface area contributed by atoms with E-state index in [1.165, 1.54) is 0 Å². The summed E-state index contributed by atoms with van der Waals surface area (Å²) in [6.07, 6.45) is 1.21. The Morgan fingerprint density at radius 2 is 1.88 bits per heavy atom. The highest BCUT2D eigenvalue weighted by molar-refractivity contribution is 5.92. The summed E-state index contributed by atoms with van der Waals surface area (Å²) in [5.74, 6) is -0.220. The highest BCUT2D eigenvalue weighted by atomic mass is 16.6. The molecule has 0 atom stereocenters. The van der Waals surface area contributed by atoms with Crippen molar-refractivity contribution >= 4 is 12.0 Å². The second kappa shape index (κ2) is 7.79. The lowest BCUT2D eigenvalue weighted by Gasteiger charge is -2.19. The van der Waals surface area contributed by atoms with E-state index in [2.05, 4.69) is 15.6 Å². The lowest BCUT2D eigenvalue weighted by atomic mass is 10.0. The molecule has 1 aromatic heterocycles. The number of hydrogen-bond donors (Lipinski definition) is 2. The Morgan fingerprint density at radius 1 is 1.12 bits per heavy atom. The first-order valence-electron chi connectivity index (χ1n) is 8.03. The van der Waals surface area contributed by atoms with E-state index in [4.69, 9.17) is 4.74 Å². The van der Waals surface area contributed by atoms with Gasteiger partial charge in [-0.05, 0) is 44.0 Å². The van der Waals surface area contributed by atoms with Crippen LogP contribution in [0.25, 0.3) is 11.1 Å². The van der Waals surface area contributed by atoms with Crippen LogP contribution in [0.1, 0.15) is 36.8 Å². The summed E-state index contributed by atoms with van der Waals surface area (Å²) in [7, 11) is 1.57. The molecule has 2 amide bonds. The lowest BCUT2D eigenvalue weighted by molar-refractivity contribution is 0.0523. The molecule has 0 aliphatic rings. The molecule has 1 heterocycles. The molecule has 2 aromatic rings. The number of amides is 2. The van der Waals surface area contributed by atoms with Crippen molar-refractivity contribution in [1.82, 2.24) is 15.6 Å². The molecule has 132 valence electrons. The molecule has 0 unspecified atom stereocenters. The zero-order valence-corrected chi connectivity index (χ0v) is 14.9. The van der Waals surface area contributed by atoms with E-state index in [0.717, 1.165) is 16.7 Å². The summed E-state index contributed by atoms with van der Waals surface area (Å²) in [4.78, 5) is 27.4. The summed E-state index contributed by atoms with van der Waals surface area (Å²) >= 11 is 0. The van der Waals surface area contributed by atoms with Crippen molar-refractivity contribution in [2.24, 2.45) is 0 Å². The summed E-state index contributed by atoms with van der Waals surface area (Å²) in [5.41, 5.74) is 2.64. The average Bonchev–Trinajstić information content (AvgIpc) is 2.58. The smallest absolute Gasteiger partial charge is 0.407 e. The molecule has 0 aliphatic heterocycles. The van der Waals surface area contributed by atoms with Gasteiger partial charge in [-0.1, -0.05) is 24.3 Å². The van der Waals surface area contributed by atoms with Gasteiger partial charge >= 0.3 is 6.09 Å². The van der Waals surface area contributed by atoms with Gasteiger partial charge in [-0.2, -0.15) is 0 Å². The standard InChI is InChI=1S/C19H23N3O3/c1-19(2,3)25-18(24)22-11-13-6-5-7-14(10-13)15-8-9-16(21-12-15)17(23)20-4/h5-10,12H,11H2,1-4H3,(H,20,23)(H,22,24). The van der Waals surface area contributed by atoms with Gasteiger partial charge in [-0.15, -0.1) is 0 Å². The van der Waals surface area contributed by atoms with Gasteiger partial charge in [0.15, 0.2) is 0 Å². The fourth-order valence-corrected chi connectivity index (χ4v) is 2.18. The van der Waals surface area contributed by atoms with Crippen molar-refractivity contribution in [3.63, 3.8) is 0 Å². The molecule has 0 bridgehead atoms. The zero-order valence-electron chi connectivity index (χ0n) is 14.9. The first-order valence-corrected chi connectivity index (χ1v) is 8.03. The predicted octanol–water partition coefficient (Wildman–Crippen LogP) is 3.13. The maximum absolute atomic E-state index is 11.7. The Kier molecular flexibility index (Phi) is 5.75. The third-order valence-electron chi connectivity index (χ3n) is 3.32. The third-order valence-corrected chi connectivity index (χ3v) is 3.32. The Hall–Kier alpha value is -2.89. The molecular weight excluding hydrogens is 318 g/mol. The first-order chi connectivity index (χ1) is 11.8. The number of nitrogens with zero attached hydrogens (tertiary/aromatic N) is 1. The van der Waals surface area contributed by atoms with E-state index in [0.29, 0.717) is 12.2 Å². The van der Waals surface area contributed by atoms with Crippen molar-refractivity contribution in [2.45, 2.75) is 32.9 Å².